The van der Waals surface area contributed by atoms with Crippen molar-refractivity contribution in [3.63, 3.8) is 0 Å². The zero-order valence-electron chi connectivity index (χ0n) is 8.94. The van der Waals surface area contributed by atoms with Crippen LogP contribution in [0.25, 0.3) is 0 Å². The average Bonchev–Trinajstić information content (AvgIpc) is 2.25. The lowest BCUT2D eigenvalue weighted by Crippen LogP contribution is -2.50. The number of benzene rings is 1. The van der Waals surface area contributed by atoms with Gasteiger partial charge in [-0.2, -0.15) is 26.3 Å². The van der Waals surface area contributed by atoms with E-state index in [9.17, 15) is 35.5 Å². The fourth-order valence-electron chi connectivity index (χ4n) is 1.35. The van der Waals surface area contributed by atoms with E-state index in [0.717, 1.165) is 0 Å². The van der Waals surface area contributed by atoms with Crippen LogP contribution in [0.1, 0.15) is 15.9 Å². The second-order valence-corrected chi connectivity index (χ2v) is 3.60. The van der Waals surface area contributed by atoms with Gasteiger partial charge in [-0.25, -0.2) is 4.39 Å². The van der Waals surface area contributed by atoms with Gasteiger partial charge in [-0.15, -0.1) is 0 Å². The molecule has 0 aliphatic rings. The van der Waals surface area contributed by atoms with Crippen molar-refractivity contribution in [3.8, 4) is 0 Å². The van der Waals surface area contributed by atoms with E-state index in [1.807, 2.05) is 0 Å². The molecule has 1 amide bonds. The third-order valence-electron chi connectivity index (χ3n) is 2.35. The first-order valence-corrected chi connectivity index (χ1v) is 4.64. The van der Waals surface area contributed by atoms with Crippen LogP contribution in [0, 0.1) is 0 Å². The fraction of sp³-hybridized carbons (Fsp3) is 0.300. The molecular formula is C10H6F7NO. The van der Waals surface area contributed by atoms with Crippen molar-refractivity contribution in [1.82, 2.24) is 0 Å². The van der Waals surface area contributed by atoms with Crippen LogP contribution in [0.4, 0.5) is 30.7 Å². The molecule has 0 heterocycles. The molecule has 0 spiro atoms. The number of primary amides is 1. The van der Waals surface area contributed by atoms with Crippen molar-refractivity contribution in [2.24, 2.45) is 5.73 Å². The van der Waals surface area contributed by atoms with Crippen LogP contribution >= 0.6 is 0 Å². The summed E-state index contributed by atoms with van der Waals surface area (Å²) in [7, 11) is 0. The minimum Gasteiger partial charge on any atom is -0.366 e. The van der Waals surface area contributed by atoms with Crippen LogP contribution in [0.2, 0.25) is 0 Å². The minimum atomic E-state index is -6.18. The SMILES string of the molecule is NC(=O)c1ccc(C(F)(C(F)(F)F)C(F)(F)F)cc1. The molecule has 0 saturated carbocycles. The van der Waals surface area contributed by atoms with Gasteiger partial charge in [0.1, 0.15) is 0 Å². The lowest BCUT2D eigenvalue weighted by molar-refractivity contribution is -0.348. The molecule has 1 aromatic rings. The van der Waals surface area contributed by atoms with Crippen LogP contribution in [0.15, 0.2) is 24.3 Å². The topological polar surface area (TPSA) is 43.1 Å². The molecule has 0 saturated heterocycles. The third-order valence-corrected chi connectivity index (χ3v) is 2.35. The number of rotatable bonds is 2. The highest BCUT2D eigenvalue weighted by Gasteiger charge is 2.73. The molecule has 0 aliphatic carbocycles. The summed E-state index contributed by atoms with van der Waals surface area (Å²) in [6.07, 6.45) is -12.4. The van der Waals surface area contributed by atoms with Crippen molar-refractivity contribution in [2.45, 2.75) is 18.0 Å². The highest BCUT2D eigenvalue weighted by atomic mass is 19.4. The van der Waals surface area contributed by atoms with Crippen LogP contribution in [0.5, 0.6) is 0 Å². The highest BCUT2D eigenvalue weighted by Crippen LogP contribution is 2.53. The predicted octanol–water partition coefficient (Wildman–Crippen LogP) is 3.07. The van der Waals surface area contributed by atoms with Gasteiger partial charge < -0.3 is 5.73 Å². The van der Waals surface area contributed by atoms with Crippen molar-refractivity contribution in [1.29, 1.82) is 0 Å². The zero-order chi connectivity index (χ0) is 15.1. The summed E-state index contributed by atoms with van der Waals surface area (Å²) in [5.74, 6) is -1.06. The van der Waals surface area contributed by atoms with Gasteiger partial charge in [0.2, 0.25) is 5.91 Å². The Morgan fingerprint density at radius 3 is 1.47 bits per heavy atom. The van der Waals surface area contributed by atoms with Gasteiger partial charge in [-0.05, 0) is 12.1 Å². The lowest BCUT2D eigenvalue weighted by atomic mass is 9.93. The summed E-state index contributed by atoms with van der Waals surface area (Å²) < 4.78 is 87.7. The van der Waals surface area contributed by atoms with E-state index in [4.69, 9.17) is 5.73 Å². The van der Waals surface area contributed by atoms with Crippen LogP contribution < -0.4 is 5.73 Å². The van der Waals surface area contributed by atoms with Crippen LogP contribution in [-0.4, -0.2) is 18.3 Å². The summed E-state index contributed by atoms with van der Waals surface area (Å²) in [5, 5.41) is 0. The Morgan fingerprint density at radius 2 is 1.21 bits per heavy atom. The Labute approximate surface area is 102 Å². The molecule has 0 aliphatic heterocycles. The van der Waals surface area contributed by atoms with Gasteiger partial charge in [0.25, 0.3) is 0 Å². The molecule has 9 heteroatoms. The predicted molar refractivity (Wildman–Crippen MR) is 49.9 cm³/mol. The van der Waals surface area contributed by atoms with Crippen molar-refractivity contribution in [3.05, 3.63) is 35.4 Å². The van der Waals surface area contributed by atoms with Crippen molar-refractivity contribution < 1.29 is 35.5 Å². The smallest absolute Gasteiger partial charge is 0.366 e. The van der Waals surface area contributed by atoms with Gasteiger partial charge in [0, 0.05) is 11.1 Å². The summed E-state index contributed by atoms with van der Waals surface area (Å²) in [5.41, 5.74) is -2.74. The molecule has 0 aromatic heterocycles. The van der Waals surface area contributed by atoms with Crippen LogP contribution in [0.3, 0.4) is 0 Å². The molecule has 1 aromatic carbocycles. The van der Waals surface area contributed by atoms with Crippen molar-refractivity contribution in [2.75, 3.05) is 0 Å². The summed E-state index contributed by atoms with van der Waals surface area (Å²) in [4.78, 5) is 10.6. The molecule has 19 heavy (non-hydrogen) atoms. The average molecular weight is 289 g/mol. The van der Waals surface area contributed by atoms with E-state index in [-0.39, 0.29) is 17.7 Å². The normalized spacial score (nSPS) is 13.4. The molecule has 0 radical (unpaired) electrons. The van der Waals surface area contributed by atoms with E-state index in [0.29, 0.717) is 12.1 Å². The maximum absolute atomic E-state index is 13.5. The number of halogens is 7. The number of hydrogen-bond donors (Lipinski definition) is 1. The molecule has 0 bridgehead atoms. The number of alkyl halides is 7. The van der Waals surface area contributed by atoms with Gasteiger partial charge in [0.15, 0.2) is 0 Å². The standard InChI is InChI=1S/C10H6F7NO/c11-8(9(12,13)14,10(15,16)17)6-3-1-5(2-4-6)7(18)19/h1-4H,(H2,18,19). The Balaban J connectivity index is 3.40. The Bertz CT molecular complexity index is 460. The summed E-state index contributed by atoms with van der Waals surface area (Å²) >= 11 is 0. The van der Waals surface area contributed by atoms with E-state index in [2.05, 4.69) is 0 Å². The zero-order valence-corrected chi connectivity index (χ0v) is 8.94. The summed E-state index contributed by atoms with van der Waals surface area (Å²) in [6.45, 7) is 0. The molecular weight excluding hydrogens is 283 g/mol. The molecule has 106 valence electrons. The van der Waals surface area contributed by atoms with E-state index in [1.165, 1.54) is 0 Å². The Hall–Kier alpha value is -1.80. The largest absolute Gasteiger partial charge is 0.435 e. The maximum atomic E-state index is 13.5. The number of amides is 1. The minimum absolute atomic E-state index is 0.223. The van der Waals surface area contributed by atoms with E-state index >= 15 is 0 Å². The number of carbonyl (C=O) groups is 1. The molecule has 1 rings (SSSR count). The monoisotopic (exact) mass is 289 g/mol. The van der Waals surface area contributed by atoms with E-state index < -0.39 is 29.5 Å². The van der Waals surface area contributed by atoms with E-state index in [1.54, 1.807) is 0 Å². The van der Waals surface area contributed by atoms with Gasteiger partial charge in [-0.1, -0.05) is 12.1 Å². The molecule has 2 N–H and O–H groups in total. The first-order chi connectivity index (χ1) is 8.41. The molecule has 0 fully saturated rings. The fourth-order valence-corrected chi connectivity index (χ4v) is 1.35. The third kappa shape index (κ3) is 2.49. The van der Waals surface area contributed by atoms with Gasteiger partial charge in [-0.3, -0.25) is 4.79 Å². The lowest BCUT2D eigenvalue weighted by Gasteiger charge is -2.30. The molecule has 0 unspecified atom stereocenters. The quantitative estimate of drug-likeness (QED) is 0.835. The highest BCUT2D eigenvalue weighted by molar-refractivity contribution is 5.92. The molecule has 0 atom stereocenters. The first kappa shape index (κ1) is 15.3. The Morgan fingerprint density at radius 1 is 0.842 bits per heavy atom. The number of nitrogens with two attached hydrogens (primary N) is 1. The van der Waals surface area contributed by atoms with Gasteiger partial charge >= 0.3 is 18.0 Å². The molecule has 2 nitrogen and oxygen atoms in total. The van der Waals surface area contributed by atoms with Gasteiger partial charge in [0.05, 0.1) is 0 Å². The summed E-state index contributed by atoms with van der Waals surface area (Å²) in [6, 6.07) is 1.62. The van der Waals surface area contributed by atoms with Crippen LogP contribution in [-0.2, 0) is 5.67 Å². The number of carbonyl (C=O) groups excluding carboxylic acids is 1. The van der Waals surface area contributed by atoms with Crippen molar-refractivity contribution >= 4 is 5.91 Å². The maximum Gasteiger partial charge on any atom is 0.435 e. The second kappa shape index (κ2) is 4.39. The first-order valence-electron chi connectivity index (χ1n) is 4.64. The second-order valence-electron chi connectivity index (χ2n) is 3.60. The Kier molecular flexibility index (Phi) is 3.53. The number of hydrogen-bond acceptors (Lipinski definition) is 1.